The summed E-state index contributed by atoms with van der Waals surface area (Å²) in [5.41, 5.74) is 3.21. The van der Waals surface area contributed by atoms with E-state index in [1.807, 2.05) is 36.4 Å². The van der Waals surface area contributed by atoms with Crippen LogP contribution in [-0.2, 0) is 16.2 Å². The second-order valence-corrected chi connectivity index (χ2v) is 6.57. The molecule has 1 aliphatic heterocycles. The number of carbonyl (C=O) groups excluding carboxylic acids is 1. The first-order valence-electron chi connectivity index (χ1n) is 9.26. The Kier molecular flexibility index (Phi) is 5.57. The molecule has 0 aliphatic carbocycles. The van der Waals surface area contributed by atoms with E-state index in [0.29, 0.717) is 22.8 Å². The highest BCUT2D eigenvalue weighted by Crippen LogP contribution is 2.30. The predicted molar refractivity (Wildman–Crippen MR) is 111 cm³/mol. The molecule has 0 spiro atoms. The SMILES string of the molecule is COc1cc(C=C2C(=O)ON=C2c2ccccc2)ccc1OCc1ccc(F)cc1. The number of rotatable bonds is 6. The zero-order chi connectivity index (χ0) is 20.9. The van der Waals surface area contributed by atoms with Crippen LogP contribution in [0.25, 0.3) is 6.08 Å². The molecule has 0 radical (unpaired) electrons. The maximum absolute atomic E-state index is 13.0. The standard InChI is InChI=1S/C24H18FNO4/c1-28-22-14-17(9-12-21(22)29-15-16-7-10-19(25)11-8-16)13-20-23(26-30-24(20)27)18-5-3-2-4-6-18/h2-14H,15H2,1H3. The summed E-state index contributed by atoms with van der Waals surface area (Å²) < 4.78 is 24.3. The molecule has 30 heavy (non-hydrogen) atoms. The third kappa shape index (κ3) is 4.22. The van der Waals surface area contributed by atoms with Crippen molar-refractivity contribution < 1.29 is 23.5 Å². The van der Waals surface area contributed by atoms with Gasteiger partial charge in [0.2, 0.25) is 0 Å². The van der Waals surface area contributed by atoms with E-state index in [1.54, 1.807) is 30.3 Å². The number of carbonyl (C=O) groups is 1. The first kappa shape index (κ1) is 19.4. The molecule has 150 valence electrons. The Morgan fingerprint density at radius 1 is 1.00 bits per heavy atom. The largest absolute Gasteiger partial charge is 0.493 e. The maximum atomic E-state index is 13.0. The number of ether oxygens (including phenoxy) is 2. The lowest BCUT2D eigenvalue weighted by molar-refractivity contribution is -0.136. The minimum atomic E-state index is -0.510. The molecule has 0 N–H and O–H groups in total. The lowest BCUT2D eigenvalue weighted by Crippen LogP contribution is -2.06. The molecule has 6 heteroatoms. The summed E-state index contributed by atoms with van der Waals surface area (Å²) in [6, 6.07) is 20.8. The van der Waals surface area contributed by atoms with Crippen LogP contribution in [0.5, 0.6) is 11.5 Å². The molecule has 5 nitrogen and oxygen atoms in total. The normalized spacial score (nSPS) is 14.4. The van der Waals surface area contributed by atoms with Crippen LogP contribution in [0.2, 0.25) is 0 Å². The molecule has 1 aliphatic rings. The van der Waals surface area contributed by atoms with Crippen LogP contribution in [0.15, 0.2) is 83.5 Å². The number of hydrogen-bond acceptors (Lipinski definition) is 5. The molecular formula is C24H18FNO4. The van der Waals surface area contributed by atoms with E-state index < -0.39 is 5.97 Å². The van der Waals surface area contributed by atoms with Gasteiger partial charge >= 0.3 is 5.97 Å². The van der Waals surface area contributed by atoms with Crippen molar-refractivity contribution in [3.63, 3.8) is 0 Å². The highest BCUT2D eigenvalue weighted by atomic mass is 19.1. The summed E-state index contributed by atoms with van der Waals surface area (Å²) in [5.74, 6) is 0.243. The van der Waals surface area contributed by atoms with Gasteiger partial charge in [-0.05, 0) is 41.5 Å². The number of hydrogen-bond donors (Lipinski definition) is 0. The fraction of sp³-hybridized carbons (Fsp3) is 0.0833. The second kappa shape index (κ2) is 8.61. The van der Waals surface area contributed by atoms with E-state index in [2.05, 4.69) is 5.16 Å². The van der Waals surface area contributed by atoms with Crippen molar-refractivity contribution >= 4 is 17.8 Å². The van der Waals surface area contributed by atoms with Crippen LogP contribution in [0.4, 0.5) is 4.39 Å². The Morgan fingerprint density at radius 3 is 2.50 bits per heavy atom. The van der Waals surface area contributed by atoms with Gasteiger partial charge in [0.15, 0.2) is 11.5 Å². The summed E-state index contributed by atoms with van der Waals surface area (Å²) in [5, 5.41) is 3.91. The number of halogens is 1. The monoisotopic (exact) mass is 403 g/mol. The van der Waals surface area contributed by atoms with Crippen molar-refractivity contribution in [3.05, 3.63) is 101 Å². The lowest BCUT2D eigenvalue weighted by Gasteiger charge is -2.11. The van der Waals surface area contributed by atoms with Gasteiger partial charge in [-0.1, -0.05) is 53.7 Å². The van der Waals surface area contributed by atoms with Gasteiger partial charge in [0.05, 0.1) is 12.7 Å². The predicted octanol–water partition coefficient (Wildman–Crippen LogP) is 4.76. The molecule has 0 saturated heterocycles. The van der Waals surface area contributed by atoms with Crippen molar-refractivity contribution in [1.29, 1.82) is 0 Å². The van der Waals surface area contributed by atoms with E-state index in [4.69, 9.17) is 14.3 Å². The van der Waals surface area contributed by atoms with E-state index in [9.17, 15) is 9.18 Å². The minimum absolute atomic E-state index is 0.272. The van der Waals surface area contributed by atoms with Gasteiger partial charge in [0, 0.05) is 5.56 Å². The van der Waals surface area contributed by atoms with Gasteiger partial charge in [-0.3, -0.25) is 0 Å². The Morgan fingerprint density at radius 2 is 1.77 bits per heavy atom. The van der Waals surface area contributed by atoms with Crippen LogP contribution in [0.1, 0.15) is 16.7 Å². The van der Waals surface area contributed by atoms with Gasteiger partial charge in [0.1, 0.15) is 18.1 Å². The molecule has 0 aromatic heterocycles. The van der Waals surface area contributed by atoms with Gasteiger partial charge in [-0.15, -0.1) is 0 Å². The van der Waals surface area contributed by atoms with Crippen LogP contribution in [0.3, 0.4) is 0 Å². The Balaban J connectivity index is 1.57. The van der Waals surface area contributed by atoms with E-state index in [0.717, 1.165) is 16.7 Å². The van der Waals surface area contributed by atoms with E-state index in [-0.39, 0.29) is 12.4 Å². The van der Waals surface area contributed by atoms with E-state index in [1.165, 1.54) is 19.2 Å². The van der Waals surface area contributed by atoms with Crippen LogP contribution in [0, 0.1) is 5.82 Å². The molecule has 1 heterocycles. The number of oxime groups is 1. The molecule has 0 fully saturated rings. The molecule has 0 amide bonds. The van der Waals surface area contributed by atoms with Gasteiger partial charge in [0.25, 0.3) is 0 Å². The Labute approximate surface area is 173 Å². The molecule has 3 aromatic rings. The second-order valence-electron chi connectivity index (χ2n) is 6.57. The average Bonchev–Trinajstić information content (AvgIpc) is 3.14. The first-order chi connectivity index (χ1) is 14.6. The van der Waals surface area contributed by atoms with Gasteiger partial charge in [-0.25, -0.2) is 9.18 Å². The Hall–Kier alpha value is -3.93. The fourth-order valence-electron chi connectivity index (χ4n) is 3.02. The summed E-state index contributed by atoms with van der Waals surface area (Å²) in [6.07, 6.45) is 1.70. The highest BCUT2D eigenvalue weighted by Gasteiger charge is 2.26. The fourth-order valence-corrected chi connectivity index (χ4v) is 3.02. The van der Waals surface area contributed by atoms with Crippen LogP contribution < -0.4 is 9.47 Å². The summed E-state index contributed by atoms with van der Waals surface area (Å²) >= 11 is 0. The summed E-state index contributed by atoms with van der Waals surface area (Å²) in [4.78, 5) is 17.1. The average molecular weight is 403 g/mol. The molecule has 0 unspecified atom stereocenters. The molecule has 0 bridgehead atoms. The molecule has 4 rings (SSSR count). The maximum Gasteiger partial charge on any atom is 0.368 e. The van der Waals surface area contributed by atoms with Crippen LogP contribution >= 0.6 is 0 Å². The number of benzene rings is 3. The lowest BCUT2D eigenvalue weighted by atomic mass is 10.0. The number of methoxy groups -OCH3 is 1. The van der Waals surface area contributed by atoms with Crippen molar-refractivity contribution in [3.8, 4) is 11.5 Å². The number of nitrogens with zero attached hydrogens (tertiary/aromatic N) is 1. The Bertz CT molecular complexity index is 1120. The highest BCUT2D eigenvalue weighted by molar-refractivity contribution is 6.31. The van der Waals surface area contributed by atoms with Gasteiger partial charge < -0.3 is 14.3 Å². The van der Waals surface area contributed by atoms with Gasteiger partial charge in [-0.2, -0.15) is 0 Å². The quantitative estimate of drug-likeness (QED) is 0.440. The van der Waals surface area contributed by atoms with E-state index >= 15 is 0 Å². The molecule has 0 atom stereocenters. The van der Waals surface area contributed by atoms with Crippen molar-refractivity contribution in [2.75, 3.05) is 7.11 Å². The van der Waals surface area contributed by atoms with Crippen molar-refractivity contribution in [1.82, 2.24) is 0 Å². The molecular weight excluding hydrogens is 385 g/mol. The molecule has 3 aromatic carbocycles. The van der Waals surface area contributed by atoms with Crippen LogP contribution in [-0.4, -0.2) is 18.8 Å². The third-order valence-corrected chi connectivity index (χ3v) is 4.55. The van der Waals surface area contributed by atoms with Crippen molar-refractivity contribution in [2.24, 2.45) is 5.16 Å². The smallest absolute Gasteiger partial charge is 0.368 e. The zero-order valence-corrected chi connectivity index (χ0v) is 16.2. The van der Waals surface area contributed by atoms with Crippen molar-refractivity contribution in [2.45, 2.75) is 6.61 Å². The summed E-state index contributed by atoms with van der Waals surface area (Å²) in [7, 11) is 1.54. The third-order valence-electron chi connectivity index (χ3n) is 4.55. The molecule has 0 saturated carbocycles. The first-order valence-corrected chi connectivity index (χ1v) is 9.26. The minimum Gasteiger partial charge on any atom is -0.493 e. The topological polar surface area (TPSA) is 57.1 Å². The zero-order valence-electron chi connectivity index (χ0n) is 16.2. The summed E-state index contributed by atoms with van der Waals surface area (Å²) in [6.45, 7) is 0.272.